The lowest BCUT2D eigenvalue weighted by molar-refractivity contribution is -0.123. The number of rotatable bonds is 11. The Morgan fingerprint density at radius 3 is 2.72 bits per heavy atom. The van der Waals surface area contributed by atoms with E-state index in [0.717, 1.165) is 19.6 Å². The van der Waals surface area contributed by atoms with E-state index in [1.54, 1.807) is 30.5 Å². The van der Waals surface area contributed by atoms with Crippen LogP contribution >= 0.6 is 0 Å². The van der Waals surface area contributed by atoms with Gasteiger partial charge in [0, 0.05) is 64.5 Å². The third kappa shape index (κ3) is 6.35. The number of benzene rings is 1. The number of nitrogens with two attached hydrogens (primary N) is 2. The summed E-state index contributed by atoms with van der Waals surface area (Å²) >= 11 is 0. The van der Waals surface area contributed by atoms with Crippen LogP contribution in [0.3, 0.4) is 0 Å². The van der Waals surface area contributed by atoms with Crippen LogP contribution in [0.2, 0.25) is 0 Å². The van der Waals surface area contributed by atoms with E-state index in [2.05, 4.69) is 30.6 Å². The second kappa shape index (κ2) is 12.0. The van der Waals surface area contributed by atoms with Gasteiger partial charge in [-0.25, -0.2) is 4.39 Å². The molecular weight excluding hydrogens is 507 g/mol. The van der Waals surface area contributed by atoms with Crippen molar-refractivity contribution in [2.24, 2.45) is 5.73 Å². The molecule has 13 nitrogen and oxygen atoms in total. The SMILES string of the molecule is NCCNC(=O)COc1ccc(N2CCN(CCNc3nc(N)n4nc(-c5ccco5)cc4n3)CC2)c(F)c1. The summed E-state index contributed by atoms with van der Waals surface area (Å²) in [7, 11) is 0. The molecular formula is C25H31FN10O3. The average Bonchev–Trinajstić information content (AvgIpc) is 3.62. The number of amides is 1. The second-order valence-electron chi connectivity index (χ2n) is 8.98. The number of aromatic nitrogens is 4. The molecule has 1 aliphatic rings. The van der Waals surface area contributed by atoms with Crippen molar-refractivity contribution < 1.29 is 18.3 Å². The summed E-state index contributed by atoms with van der Waals surface area (Å²) in [6.07, 6.45) is 1.58. The van der Waals surface area contributed by atoms with Gasteiger partial charge in [-0.1, -0.05) is 0 Å². The predicted octanol–water partition coefficient (Wildman–Crippen LogP) is 0.793. The van der Waals surface area contributed by atoms with E-state index in [9.17, 15) is 9.18 Å². The lowest BCUT2D eigenvalue weighted by atomic mass is 10.2. The molecule has 0 radical (unpaired) electrons. The Morgan fingerprint density at radius 1 is 1.13 bits per heavy atom. The summed E-state index contributed by atoms with van der Waals surface area (Å²) in [5.74, 6) is 0.893. The number of nitrogens with zero attached hydrogens (tertiary/aromatic N) is 6. The molecule has 0 unspecified atom stereocenters. The number of piperazine rings is 1. The second-order valence-corrected chi connectivity index (χ2v) is 8.98. The summed E-state index contributed by atoms with van der Waals surface area (Å²) in [5, 5.41) is 10.2. The van der Waals surface area contributed by atoms with Crippen LogP contribution in [0.5, 0.6) is 5.75 Å². The van der Waals surface area contributed by atoms with Crippen LogP contribution in [0.4, 0.5) is 22.0 Å². The van der Waals surface area contributed by atoms with Gasteiger partial charge >= 0.3 is 0 Å². The van der Waals surface area contributed by atoms with Crippen LogP contribution in [0.25, 0.3) is 17.1 Å². The molecule has 0 spiro atoms. The van der Waals surface area contributed by atoms with Gasteiger partial charge in [-0.15, -0.1) is 0 Å². The van der Waals surface area contributed by atoms with Crippen molar-refractivity contribution >= 4 is 29.1 Å². The molecule has 0 bridgehead atoms. The third-order valence-corrected chi connectivity index (χ3v) is 6.30. The molecule has 0 saturated carbocycles. The standard InChI is InChI=1S/C25H31FN10O3/c26-18-14-17(39-16-23(37)29-6-5-27)3-4-20(18)35-11-9-34(10-12-35)8-7-30-25-31-22-15-19(21-2-1-13-38-21)33-36(22)24(28)32-25/h1-4,13-15H,5-12,16,27H2,(H,29,37)(H3,28,30,31,32). The molecule has 14 heteroatoms. The zero-order valence-electron chi connectivity index (χ0n) is 21.3. The minimum atomic E-state index is -0.384. The topological polar surface area (TPSA) is 165 Å². The maximum atomic E-state index is 14.8. The fourth-order valence-electron chi connectivity index (χ4n) is 4.32. The molecule has 0 atom stereocenters. The molecule has 6 N–H and O–H groups in total. The molecule has 3 aromatic heterocycles. The van der Waals surface area contributed by atoms with Gasteiger partial charge in [0.15, 0.2) is 18.0 Å². The Balaban J connectivity index is 1.09. The van der Waals surface area contributed by atoms with E-state index in [1.165, 1.54) is 10.6 Å². The average molecular weight is 539 g/mol. The van der Waals surface area contributed by atoms with Crippen molar-refractivity contribution in [3.8, 4) is 17.2 Å². The first kappa shape index (κ1) is 26.2. The molecule has 5 rings (SSSR count). The van der Waals surface area contributed by atoms with Gasteiger partial charge in [-0.2, -0.15) is 19.6 Å². The van der Waals surface area contributed by atoms with Crippen LogP contribution in [-0.2, 0) is 4.79 Å². The highest BCUT2D eigenvalue weighted by Crippen LogP contribution is 2.25. The van der Waals surface area contributed by atoms with E-state index in [0.29, 0.717) is 67.2 Å². The largest absolute Gasteiger partial charge is 0.484 e. The molecule has 0 aliphatic carbocycles. The molecule has 1 aliphatic heterocycles. The van der Waals surface area contributed by atoms with Crippen molar-refractivity contribution in [3.63, 3.8) is 0 Å². The number of furan rings is 1. The maximum absolute atomic E-state index is 14.8. The number of carbonyl (C=O) groups excluding carboxylic acids is 1. The number of carbonyl (C=O) groups is 1. The van der Waals surface area contributed by atoms with E-state index in [1.807, 2.05) is 11.0 Å². The van der Waals surface area contributed by atoms with E-state index >= 15 is 0 Å². The predicted molar refractivity (Wildman–Crippen MR) is 144 cm³/mol. The Kier molecular flexibility index (Phi) is 8.03. The third-order valence-electron chi connectivity index (χ3n) is 6.30. The highest BCUT2D eigenvalue weighted by molar-refractivity contribution is 5.77. The number of hydrogen-bond donors (Lipinski definition) is 4. The van der Waals surface area contributed by atoms with E-state index in [-0.39, 0.29) is 24.3 Å². The number of halogens is 1. The molecule has 1 saturated heterocycles. The quantitative estimate of drug-likeness (QED) is 0.213. The first-order chi connectivity index (χ1) is 19.0. The van der Waals surface area contributed by atoms with Gasteiger partial charge in [0.2, 0.25) is 11.9 Å². The van der Waals surface area contributed by atoms with Gasteiger partial charge < -0.3 is 36.2 Å². The van der Waals surface area contributed by atoms with Crippen LogP contribution in [0, 0.1) is 5.82 Å². The monoisotopic (exact) mass is 538 g/mol. The van der Waals surface area contributed by atoms with E-state index < -0.39 is 0 Å². The number of hydrogen-bond acceptors (Lipinski definition) is 11. The fraction of sp³-hybridized carbons (Fsp3) is 0.360. The van der Waals surface area contributed by atoms with Crippen LogP contribution in [0.15, 0.2) is 47.1 Å². The first-order valence-corrected chi connectivity index (χ1v) is 12.7. The van der Waals surface area contributed by atoms with Crippen LogP contribution in [-0.4, -0.2) is 89.4 Å². The lowest BCUT2D eigenvalue weighted by Gasteiger charge is -2.36. The number of fused-ring (bicyclic) bond motifs is 1. The minimum absolute atomic E-state index is 0.189. The van der Waals surface area contributed by atoms with Gasteiger partial charge in [-0.05, 0) is 24.3 Å². The first-order valence-electron chi connectivity index (χ1n) is 12.7. The summed E-state index contributed by atoms with van der Waals surface area (Å²) in [5.41, 5.74) is 13.1. The molecule has 4 heterocycles. The summed E-state index contributed by atoms with van der Waals surface area (Å²) < 4.78 is 27.0. The Labute approximate surface area is 223 Å². The minimum Gasteiger partial charge on any atom is -0.484 e. The Bertz CT molecular complexity index is 1400. The number of nitrogens with one attached hydrogen (secondary N) is 2. The van der Waals surface area contributed by atoms with Crippen molar-refractivity contribution in [2.45, 2.75) is 0 Å². The molecule has 4 aromatic rings. The Morgan fingerprint density at radius 2 is 1.97 bits per heavy atom. The van der Waals surface area contributed by atoms with Gasteiger partial charge in [0.25, 0.3) is 5.91 Å². The van der Waals surface area contributed by atoms with Crippen molar-refractivity contribution in [1.29, 1.82) is 0 Å². The summed E-state index contributed by atoms with van der Waals surface area (Å²) in [6, 6.07) is 10.1. The van der Waals surface area contributed by atoms with Gasteiger partial charge in [0.1, 0.15) is 17.3 Å². The molecule has 1 aromatic carbocycles. The zero-order valence-corrected chi connectivity index (χ0v) is 21.3. The maximum Gasteiger partial charge on any atom is 0.257 e. The Hall–Kier alpha value is -4.43. The summed E-state index contributed by atoms with van der Waals surface area (Å²) in [4.78, 5) is 24.7. The highest BCUT2D eigenvalue weighted by Gasteiger charge is 2.20. The number of anilines is 3. The lowest BCUT2D eigenvalue weighted by Crippen LogP contribution is -2.48. The van der Waals surface area contributed by atoms with E-state index in [4.69, 9.17) is 20.6 Å². The molecule has 39 heavy (non-hydrogen) atoms. The van der Waals surface area contributed by atoms with Crippen molar-refractivity contribution in [3.05, 3.63) is 48.5 Å². The van der Waals surface area contributed by atoms with Crippen LogP contribution < -0.4 is 31.7 Å². The van der Waals surface area contributed by atoms with Gasteiger partial charge in [-0.3, -0.25) is 9.69 Å². The van der Waals surface area contributed by atoms with Crippen LogP contribution in [0.1, 0.15) is 0 Å². The van der Waals surface area contributed by atoms with Crippen molar-refractivity contribution in [2.75, 3.05) is 74.9 Å². The van der Waals surface area contributed by atoms with Gasteiger partial charge in [0.05, 0.1) is 12.0 Å². The summed E-state index contributed by atoms with van der Waals surface area (Å²) in [6.45, 7) is 4.82. The highest BCUT2D eigenvalue weighted by atomic mass is 19.1. The number of ether oxygens (including phenoxy) is 1. The number of nitrogen functional groups attached to an aromatic ring is 1. The molecule has 1 fully saturated rings. The molecule has 206 valence electrons. The fourth-order valence-corrected chi connectivity index (χ4v) is 4.32. The normalized spacial score (nSPS) is 14.1. The smallest absolute Gasteiger partial charge is 0.257 e. The molecule has 1 amide bonds. The van der Waals surface area contributed by atoms with Crippen molar-refractivity contribution in [1.82, 2.24) is 29.8 Å². The zero-order chi connectivity index (χ0) is 27.2.